The van der Waals surface area contributed by atoms with Gasteiger partial charge in [0.05, 0.1) is 12.0 Å². The predicted molar refractivity (Wildman–Crippen MR) is 59.5 cm³/mol. The molecule has 1 amide bonds. The lowest BCUT2D eigenvalue weighted by Gasteiger charge is -2.40. The van der Waals surface area contributed by atoms with Crippen LogP contribution in [-0.2, 0) is 9.53 Å². The van der Waals surface area contributed by atoms with E-state index in [4.69, 9.17) is 10.5 Å². The van der Waals surface area contributed by atoms with Gasteiger partial charge in [0, 0.05) is 20.7 Å². The van der Waals surface area contributed by atoms with Crippen LogP contribution in [0.4, 0.5) is 0 Å². The molecule has 0 saturated heterocycles. The zero-order chi connectivity index (χ0) is 11.3. The molecule has 4 heteroatoms. The van der Waals surface area contributed by atoms with Gasteiger partial charge in [-0.05, 0) is 32.2 Å². The van der Waals surface area contributed by atoms with Crippen molar-refractivity contribution in [3.8, 4) is 0 Å². The SMILES string of the molecule is COC1(CC(=O)N(C)CCCN)CCC1. The smallest absolute Gasteiger partial charge is 0.225 e. The number of ether oxygens (including phenoxy) is 1. The summed E-state index contributed by atoms with van der Waals surface area (Å²) in [4.78, 5) is 13.6. The Labute approximate surface area is 91.8 Å². The van der Waals surface area contributed by atoms with Crippen molar-refractivity contribution in [3.05, 3.63) is 0 Å². The second-order valence-electron chi connectivity index (χ2n) is 4.37. The zero-order valence-electron chi connectivity index (χ0n) is 9.79. The largest absolute Gasteiger partial charge is 0.378 e. The Morgan fingerprint density at radius 3 is 2.60 bits per heavy atom. The molecule has 0 aromatic heterocycles. The summed E-state index contributed by atoms with van der Waals surface area (Å²) in [6, 6.07) is 0. The van der Waals surface area contributed by atoms with Gasteiger partial charge in [-0.1, -0.05) is 0 Å². The first-order valence-electron chi connectivity index (χ1n) is 5.63. The van der Waals surface area contributed by atoms with Gasteiger partial charge in [0.2, 0.25) is 5.91 Å². The molecule has 1 rings (SSSR count). The first-order valence-corrected chi connectivity index (χ1v) is 5.63. The molecule has 0 radical (unpaired) electrons. The van der Waals surface area contributed by atoms with Gasteiger partial charge in [-0.15, -0.1) is 0 Å². The van der Waals surface area contributed by atoms with Crippen molar-refractivity contribution in [2.45, 2.75) is 37.7 Å². The molecule has 0 aliphatic heterocycles. The van der Waals surface area contributed by atoms with Crippen molar-refractivity contribution < 1.29 is 9.53 Å². The van der Waals surface area contributed by atoms with Crippen LogP contribution < -0.4 is 5.73 Å². The van der Waals surface area contributed by atoms with E-state index in [1.54, 1.807) is 12.0 Å². The van der Waals surface area contributed by atoms with Crippen LogP contribution in [-0.4, -0.2) is 43.7 Å². The van der Waals surface area contributed by atoms with E-state index in [0.717, 1.165) is 25.8 Å². The molecule has 1 aliphatic carbocycles. The van der Waals surface area contributed by atoms with Gasteiger partial charge in [-0.25, -0.2) is 0 Å². The number of methoxy groups -OCH3 is 1. The monoisotopic (exact) mass is 214 g/mol. The summed E-state index contributed by atoms with van der Waals surface area (Å²) in [5.41, 5.74) is 5.25. The molecule has 15 heavy (non-hydrogen) atoms. The third-order valence-electron chi connectivity index (χ3n) is 3.29. The lowest BCUT2D eigenvalue weighted by atomic mass is 9.77. The quantitative estimate of drug-likeness (QED) is 0.710. The Balaban J connectivity index is 2.33. The lowest BCUT2D eigenvalue weighted by molar-refractivity contribution is -0.142. The van der Waals surface area contributed by atoms with Gasteiger partial charge in [0.15, 0.2) is 0 Å². The van der Waals surface area contributed by atoms with Crippen LogP contribution in [0, 0.1) is 0 Å². The van der Waals surface area contributed by atoms with E-state index in [1.807, 2.05) is 7.05 Å². The van der Waals surface area contributed by atoms with Crippen LogP contribution in [0.1, 0.15) is 32.1 Å². The maximum Gasteiger partial charge on any atom is 0.225 e. The molecule has 0 unspecified atom stereocenters. The highest BCUT2D eigenvalue weighted by atomic mass is 16.5. The standard InChI is InChI=1S/C11H22N2O2/c1-13(8-4-7-12)10(14)9-11(15-2)5-3-6-11/h3-9,12H2,1-2H3. The van der Waals surface area contributed by atoms with Gasteiger partial charge >= 0.3 is 0 Å². The lowest BCUT2D eigenvalue weighted by Crippen LogP contribution is -2.44. The van der Waals surface area contributed by atoms with Gasteiger partial charge in [0.1, 0.15) is 0 Å². The van der Waals surface area contributed by atoms with Crippen molar-refractivity contribution in [3.63, 3.8) is 0 Å². The molecule has 4 nitrogen and oxygen atoms in total. The minimum Gasteiger partial charge on any atom is -0.378 e. The van der Waals surface area contributed by atoms with E-state index < -0.39 is 0 Å². The molecule has 0 aromatic rings. The van der Waals surface area contributed by atoms with Gasteiger partial charge in [0.25, 0.3) is 0 Å². The summed E-state index contributed by atoms with van der Waals surface area (Å²) in [6.45, 7) is 1.38. The highest BCUT2D eigenvalue weighted by Gasteiger charge is 2.39. The van der Waals surface area contributed by atoms with Crippen molar-refractivity contribution in [2.75, 3.05) is 27.2 Å². The van der Waals surface area contributed by atoms with E-state index in [2.05, 4.69) is 0 Å². The Hall–Kier alpha value is -0.610. The summed E-state index contributed by atoms with van der Waals surface area (Å²) in [6.07, 6.45) is 4.58. The minimum absolute atomic E-state index is 0.159. The molecule has 88 valence electrons. The van der Waals surface area contributed by atoms with Crippen LogP contribution in [0.25, 0.3) is 0 Å². The highest BCUT2D eigenvalue weighted by molar-refractivity contribution is 5.77. The molecule has 0 atom stereocenters. The number of nitrogens with zero attached hydrogens (tertiary/aromatic N) is 1. The molecule has 0 aromatic carbocycles. The topological polar surface area (TPSA) is 55.6 Å². The summed E-state index contributed by atoms with van der Waals surface area (Å²) in [5, 5.41) is 0. The number of carbonyl (C=O) groups is 1. The highest BCUT2D eigenvalue weighted by Crippen LogP contribution is 2.38. The van der Waals surface area contributed by atoms with Gasteiger partial charge in [-0.3, -0.25) is 4.79 Å². The van der Waals surface area contributed by atoms with Crippen molar-refractivity contribution >= 4 is 5.91 Å². The van der Waals surface area contributed by atoms with Crippen LogP contribution in [0.5, 0.6) is 0 Å². The molecule has 0 spiro atoms. The van der Waals surface area contributed by atoms with Crippen molar-refractivity contribution in [1.29, 1.82) is 0 Å². The molecule has 1 saturated carbocycles. The van der Waals surface area contributed by atoms with E-state index in [0.29, 0.717) is 13.0 Å². The first-order chi connectivity index (χ1) is 7.13. The average Bonchev–Trinajstić information content (AvgIpc) is 2.19. The van der Waals surface area contributed by atoms with E-state index in [-0.39, 0.29) is 11.5 Å². The van der Waals surface area contributed by atoms with E-state index in [1.165, 1.54) is 6.42 Å². The average molecular weight is 214 g/mol. The fourth-order valence-corrected chi connectivity index (χ4v) is 1.89. The number of carbonyl (C=O) groups excluding carboxylic acids is 1. The third kappa shape index (κ3) is 3.18. The fourth-order valence-electron chi connectivity index (χ4n) is 1.89. The van der Waals surface area contributed by atoms with Crippen LogP contribution in [0.15, 0.2) is 0 Å². The molecule has 1 aliphatic rings. The molecule has 0 bridgehead atoms. The molecule has 2 N–H and O–H groups in total. The number of nitrogens with two attached hydrogens (primary N) is 1. The summed E-state index contributed by atoms with van der Waals surface area (Å²) >= 11 is 0. The fraction of sp³-hybridized carbons (Fsp3) is 0.909. The van der Waals surface area contributed by atoms with E-state index >= 15 is 0 Å². The number of hydrogen-bond donors (Lipinski definition) is 1. The number of rotatable bonds is 6. The number of hydrogen-bond acceptors (Lipinski definition) is 3. The zero-order valence-corrected chi connectivity index (χ0v) is 9.79. The van der Waals surface area contributed by atoms with Gasteiger partial charge in [-0.2, -0.15) is 0 Å². The molecular formula is C11H22N2O2. The summed E-state index contributed by atoms with van der Waals surface area (Å²) < 4.78 is 5.43. The Kier molecular flexibility index (Phi) is 4.54. The maximum absolute atomic E-state index is 11.8. The molecule has 1 fully saturated rings. The van der Waals surface area contributed by atoms with Crippen molar-refractivity contribution in [1.82, 2.24) is 4.90 Å². The molecule has 0 heterocycles. The molecular weight excluding hydrogens is 192 g/mol. The maximum atomic E-state index is 11.8. The predicted octanol–water partition coefficient (Wildman–Crippen LogP) is 0.753. The minimum atomic E-state index is -0.159. The third-order valence-corrected chi connectivity index (χ3v) is 3.29. The summed E-state index contributed by atoms with van der Waals surface area (Å²) in [5.74, 6) is 0.171. The van der Waals surface area contributed by atoms with Crippen LogP contribution >= 0.6 is 0 Å². The Morgan fingerprint density at radius 1 is 1.53 bits per heavy atom. The van der Waals surface area contributed by atoms with Crippen molar-refractivity contribution in [2.24, 2.45) is 5.73 Å². The Morgan fingerprint density at radius 2 is 2.20 bits per heavy atom. The van der Waals surface area contributed by atoms with Crippen LogP contribution in [0.3, 0.4) is 0 Å². The van der Waals surface area contributed by atoms with Gasteiger partial charge < -0.3 is 15.4 Å². The van der Waals surface area contributed by atoms with E-state index in [9.17, 15) is 4.79 Å². The normalized spacial score (nSPS) is 18.3. The second-order valence-corrected chi connectivity index (χ2v) is 4.37. The second kappa shape index (κ2) is 5.47. The Bertz CT molecular complexity index is 209. The first kappa shape index (κ1) is 12.5. The summed E-state index contributed by atoms with van der Waals surface area (Å²) in [7, 11) is 3.53. The number of amides is 1. The van der Waals surface area contributed by atoms with Crippen LogP contribution in [0.2, 0.25) is 0 Å².